The lowest BCUT2D eigenvalue weighted by Crippen LogP contribution is -2.35. The van der Waals surface area contributed by atoms with Gasteiger partial charge in [-0.1, -0.05) is 52.0 Å². The Balaban J connectivity index is 2.07. The Bertz CT molecular complexity index is 422. The van der Waals surface area contributed by atoms with Crippen LogP contribution >= 0.6 is 0 Å². The minimum atomic E-state index is 0.256. The maximum atomic E-state index is 6.06. The van der Waals surface area contributed by atoms with Crippen molar-refractivity contribution in [3.8, 4) is 0 Å². The molecule has 2 nitrogen and oxygen atoms in total. The summed E-state index contributed by atoms with van der Waals surface area (Å²) in [5, 5.41) is 3.64. The van der Waals surface area contributed by atoms with Crippen molar-refractivity contribution in [2.24, 2.45) is 5.41 Å². The average Bonchev–Trinajstić information content (AvgIpc) is 2.37. The lowest BCUT2D eigenvalue weighted by Gasteiger charge is -2.32. The van der Waals surface area contributed by atoms with Crippen LogP contribution in [0.2, 0.25) is 0 Å². The minimum Gasteiger partial charge on any atom is -0.373 e. The van der Waals surface area contributed by atoms with Crippen molar-refractivity contribution in [2.75, 3.05) is 13.2 Å². The molecular weight excluding hydrogens is 246 g/mol. The van der Waals surface area contributed by atoms with Gasteiger partial charge in [-0.25, -0.2) is 0 Å². The first-order valence-corrected chi connectivity index (χ1v) is 7.92. The van der Waals surface area contributed by atoms with Crippen LogP contribution in [0, 0.1) is 5.41 Å². The fraction of sp³-hybridized carbons (Fsp3) is 0.667. The van der Waals surface area contributed by atoms with Crippen LogP contribution in [-0.2, 0) is 11.2 Å². The molecule has 2 heteroatoms. The summed E-state index contributed by atoms with van der Waals surface area (Å²) in [5.41, 5.74) is 3.21. The van der Waals surface area contributed by atoms with Crippen molar-refractivity contribution in [3.05, 3.63) is 35.4 Å². The second-order valence-electron chi connectivity index (χ2n) is 7.06. The topological polar surface area (TPSA) is 21.3 Å². The summed E-state index contributed by atoms with van der Waals surface area (Å²) in [7, 11) is 0. The van der Waals surface area contributed by atoms with E-state index in [2.05, 4.69) is 57.3 Å². The number of rotatable bonds is 5. The number of fused-ring (bicyclic) bond motifs is 1. The second kappa shape index (κ2) is 6.73. The van der Waals surface area contributed by atoms with E-state index in [1.165, 1.54) is 17.5 Å². The van der Waals surface area contributed by atoms with Crippen LogP contribution in [-0.4, -0.2) is 19.2 Å². The number of hydrogen-bond acceptors (Lipinski definition) is 2. The third-order valence-corrected chi connectivity index (χ3v) is 3.94. The summed E-state index contributed by atoms with van der Waals surface area (Å²) in [5.74, 6) is 0. The van der Waals surface area contributed by atoms with Gasteiger partial charge in [0.1, 0.15) is 0 Å². The van der Waals surface area contributed by atoms with Crippen molar-refractivity contribution >= 4 is 0 Å². The Morgan fingerprint density at radius 1 is 1.30 bits per heavy atom. The van der Waals surface area contributed by atoms with Crippen LogP contribution in [0.1, 0.15) is 57.8 Å². The maximum absolute atomic E-state index is 6.06. The molecule has 0 amide bonds. The van der Waals surface area contributed by atoms with E-state index < -0.39 is 0 Å². The summed E-state index contributed by atoms with van der Waals surface area (Å²) < 4.78 is 6.06. The number of ether oxygens (including phenoxy) is 1. The van der Waals surface area contributed by atoms with Crippen LogP contribution < -0.4 is 5.32 Å². The zero-order chi connectivity index (χ0) is 14.6. The van der Waals surface area contributed by atoms with Gasteiger partial charge in [0, 0.05) is 6.04 Å². The molecule has 0 aliphatic carbocycles. The van der Waals surface area contributed by atoms with Crippen molar-refractivity contribution in [1.29, 1.82) is 0 Å². The van der Waals surface area contributed by atoms with E-state index in [1.807, 2.05) is 0 Å². The fourth-order valence-electron chi connectivity index (χ4n) is 3.20. The molecule has 0 spiro atoms. The highest BCUT2D eigenvalue weighted by Gasteiger charge is 2.26. The van der Waals surface area contributed by atoms with Crippen LogP contribution in [0.15, 0.2) is 24.3 Å². The first kappa shape index (κ1) is 15.5. The van der Waals surface area contributed by atoms with E-state index in [9.17, 15) is 0 Å². The first-order chi connectivity index (χ1) is 9.49. The van der Waals surface area contributed by atoms with Crippen LogP contribution in [0.5, 0.6) is 0 Å². The molecule has 2 atom stereocenters. The average molecular weight is 275 g/mol. The Labute approximate surface area is 123 Å². The second-order valence-corrected chi connectivity index (χ2v) is 7.06. The standard InChI is InChI=1S/C18H29NO/c1-5-19-15(13-18(2,3)4)12-17-16-9-7-6-8-14(16)10-11-20-17/h6-9,15,17,19H,5,10-13H2,1-4H3. The van der Waals surface area contributed by atoms with Crippen molar-refractivity contribution in [2.45, 2.75) is 59.1 Å². The van der Waals surface area contributed by atoms with Gasteiger partial charge in [0.2, 0.25) is 0 Å². The van der Waals surface area contributed by atoms with E-state index in [0.717, 1.165) is 26.0 Å². The van der Waals surface area contributed by atoms with Crippen LogP contribution in [0.25, 0.3) is 0 Å². The highest BCUT2D eigenvalue weighted by atomic mass is 16.5. The summed E-state index contributed by atoms with van der Waals surface area (Å²) >= 11 is 0. The molecule has 0 radical (unpaired) electrons. The predicted molar refractivity (Wildman–Crippen MR) is 85.0 cm³/mol. The summed E-state index contributed by atoms with van der Waals surface area (Å²) in [6.45, 7) is 11.0. The Morgan fingerprint density at radius 2 is 2.05 bits per heavy atom. The van der Waals surface area contributed by atoms with Gasteiger partial charge in [0.05, 0.1) is 12.7 Å². The number of nitrogens with one attached hydrogen (secondary N) is 1. The van der Waals surface area contributed by atoms with Gasteiger partial charge in [-0.15, -0.1) is 0 Å². The molecule has 0 bridgehead atoms. The van der Waals surface area contributed by atoms with E-state index in [4.69, 9.17) is 4.74 Å². The first-order valence-electron chi connectivity index (χ1n) is 7.92. The molecule has 0 saturated carbocycles. The lowest BCUT2D eigenvalue weighted by atomic mass is 9.84. The summed E-state index contributed by atoms with van der Waals surface area (Å²) in [4.78, 5) is 0. The molecule has 0 fully saturated rings. The van der Waals surface area contributed by atoms with Gasteiger partial charge in [-0.3, -0.25) is 0 Å². The van der Waals surface area contributed by atoms with E-state index >= 15 is 0 Å². The quantitative estimate of drug-likeness (QED) is 0.873. The molecule has 1 heterocycles. The van der Waals surface area contributed by atoms with Gasteiger partial charge in [-0.05, 0) is 42.3 Å². The zero-order valence-corrected chi connectivity index (χ0v) is 13.4. The highest BCUT2D eigenvalue weighted by Crippen LogP contribution is 2.33. The van der Waals surface area contributed by atoms with Gasteiger partial charge in [0.15, 0.2) is 0 Å². The molecule has 112 valence electrons. The van der Waals surface area contributed by atoms with E-state index in [1.54, 1.807) is 0 Å². The molecule has 1 aromatic rings. The molecule has 1 N–H and O–H groups in total. The largest absolute Gasteiger partial charge is 0.373 e. The fourth-order valence-corrected chi connectivity index (χ4v) is 3.20. The minimum absolute atomic E-state index is 0.256. The summed E-state index contributed by atoms with van der Waals surface area (Å²) in [6, 6.07) is 9.28. The molecule has 2 rings (SSSR count). The van der Waals surface area contributed by atoms with Crippen molar-refractivity contribution < 1.29 is 4.74 Å². The number of hydrogen-bond donors (Lipinski definition) is 1. The highest BCUT2D eigenvalue weighted by molar-refractivity contribution is 5.31. The molecule has 1 aliphatic rings. The van der Waals surface area contributed by atoms with Crippen LogP contribution in [0.4, 0.5) is 0 Å². The van der Waals surface area contributed by atoms with Crippen molar-refractivity contribution in [3.63, 3.8) is 0 Å². The van der Waals surface area contributed by atoms with Gasteiger partial charge in [0.25, 0.3) is 0 Å². The smallest absolute Gasteiger partial charge is 0.0842 e. The molecule has 0 aromatic heterocycles. The van der Waals surface area contributed by atoms with E-state index in [0.29, 0.717) is 11.5 Å². The Hall–Kier alpha value is -0.860. The van der Waals surface area contributed by atoms with Crippen LogP contribution in [0.3, 0.4) is 0 Å². The van der Waals surface area contributed by atoms with Gasteiger partial charge >= 0.3 is 0 Å². The summed E-state index contributed by atoms with van der Waals surface area (Å²) in [6.07, 6.45) is 3.56. The normalized spacial score (nSPS) is 20.5. The maximum Gasteiger partial charge on any atom is 0.0842 e. The molecule has 1 aromatic carbocycles. The monoisotopic (exact) mass is 275 g/mol. The molecule has 1 aliphatic heterocycles. The lowest BCUT2D eigenvalue weighted by molar-refractivity contribution is 0.0264. The van der Waals surface area contributed by atoms with Gasteiger partial charge in [-0.2, -0.15) is 0 Å². The third-order valence-electron chi connectivity index (χ3n) is 3.94. The molecular formula is C18H29NO. The predicted octanol–water partition coefficient (Wildman–Crippen LogP) is 4.10. The Kier molecular flexibility index (Phi) is 5.22. The zero-order valence-electron chi connectivity index (χ0n) is 13.4. The van der Waals surface area contributed by atoms with Crippen molar-refractivity contribution in [1.82, 2.24) is 5.32 Å². The Morgan fingerprint density at radius 3 is 2.75 bits per heavy atom. The van der Waals surface area contributed by atoms with E-state index in [-0.39, 0.29) is 6.10 Å². The SMILES string of the molecule is CCNC(CC1OCCc2ccccc21)CC(C)(C)C. The molecule has 0 saturated heterocycles. The molecule has 2 unspecified atom stereocenters. The van der Waals surface area contributed by atoms with Gasteiger partial charge < -0.3 is 10.1 Å². The molecule has 20 heavy (non-hydrogen) atoms. The number of benzene rings is 1. The third kappa shape index (κ3) is 4.32.